The van der Waals surface area contributed by atoms with E-state index in [9.17, 15) is 8.42 Å². The molecule has 0 bridgehead atoms. The van der Waals surface area contributed by atoms with E-state index in [1.807, 2.05) is 24.3 Å². The second-order valence-corrected chi connectivity index (χ2v) is 10.6. The first-order valence-electron chi connectivity index (χ1n) is 10.2. The van der Waals surface area contributed by atoms with Gasteiger partial charge in [0.2, 0.25) is 5.89 Å². The molecule has 34 heavy (non-hydrogen) atoms. The highest BCUT2D eigenvalue weighted by Gasteiger charge is 2.22. The fourth-order valence-electron chi connectivity index (χ4n) is 3.10. The van der Waals surface area contributed by atoms with Crippen molar-refractivity contribution in [2.75, 3.05) is 18.7 Å². The molecule has 8 nitrogen and oxygen atoms in total. The van der Waals surface area contributed by atoms with Crippen LogP contribution in [0.1, 0.15) is 31.2 Å². The standard InChI is InChI=1S/C24H25BrN4O4S/c1-14(2)18-11-6-7-12-19(18)27-22(20(25)21(26)15(3)32-4)24-29-28-23(33-24)16-9-8-10-17(13-16)34(5,30)31/h6-14,26-27H,3H2,1-2,4-5H3/b22-20+,26-21?. The molecule has 0 spiro atoms. The summed E-state index contributed by atoms with van der Waals surface area (Å²) >= 11 is 3.45. The molecule has 0 fully saturated rings. The van der Waals surface area contributed by atoms with E-state index in [-0.39, 0.29) is 34.1 Å². The average Bonchev–Trinajstić information content (AvgIpc) is 3.30. The minimum atomic E-state index is -3.40. The van der Waals surface area contributed by atoms with Gasteiger partial charge in [0.1, 0.15) is 17.2 Å². The largest absolute Gasteiger partial charge is 0.495 e. The number of nitrogens with one attached hydrogen (secondary N) is 2. The zero-order valence-electron chi connectivity index (χ0n) is 19.2. The fourth-order valence-corrected chi connectivity index (χ4v) is 4.26. The molecule has 1 aromatic heterocycles. The molecule has 0 saturated carbocycles. The van der Waals surface area contributed by atoms with E-state index >= 15 is 0 Å². The van der Waals surface area contributed by atoms with Crippen LogP contribution in [0.4, 0.5) is 5.69 Å². The number of benzene rings is 2. The van der Waals surface area contributed by atoms with Crippen molar-refractivity contribution >= 4 is 42.9 Å². The van der Waals surface area contributed by atoms with Gasteiger partial charge in [-0.05, 0) is 51.7 Å². The van der Waals surface area contributed by atoms with Crippen molar-refractivity contribution in [1.29, 1.82) is 5.41 Å². The number of ether oxygens (including phenoxy) is 1. The number of nitrogens with zero attached hydrogens (tertiary/aromatic N) is 2. The van der Waals surface area contributed by atoms with Crippen molar-refractivity contribution in [3.8, 4) is 11.5 Å². The van der Waals surface area contributed by atoms with E-state index < -0.39 is 9.84 Å². The number of anilines is 1. The average molecular weight is 545 g/mol. The smallest absolute Gasteiger partial charge is 0.265 e. The molecule has 0 amide bonds. The molecule has 0 aliphatic carbocycles. The van der Waals surface area contributed by atoms with Crippen molar-refractivity contribution in [2.45, 2.75) is 24.7 Å². The van der Waals surface area contributed by atoms with E-state index in [0.717, 1.165) is 17.5 Å². The maximum Gasteiger partial charge on any atom is 0.265 e. The number of rotatable bonds is 9. The van der Waals surface area contributed by atoms with Crippen LogP contribution in [0.25, 0.3) is 17.2 Å². The molecule has 2 N–H and O–H groups in total. The highest BCUT2D eigenvalue weighted by atomic mass is 79.9. The van der Waals surface area contributed by atoms with Gasteiger partial charge in [-0.3, -0.25) is 5.41 Å². The van der Waals surface area contributed by atoms with Crippen LogP contribution < -0.4 is 5.32 Å². The van der Waals surface area contributed by atoms with Crippen LogP contribution in [0.5, 0.6) is 0 Å². The van der Waals surface area contributed by atoms with Crippen molar-refractivity contribution in [1.82, 2.24) is 10.2 Å². The lowest BCUT2D eigenvalue weighted by Gasteiger charge is -2.17. The summed E-state index contributed by atoms with van der Waals surface area (Å²) in [6, 6.07) is 14.0. The summed E-state index contributed by atoms with van der Waals surface area (Å²) in [6.45, 7) is 7.90. The van der Waals surface area contributed by atoms with Gasteiger partial charge in [-0.1, -0.05) is 44.7 Å². The van der Waals surface area contributed by atoms with Crippen LogP contribution in [0.2, 0.25) is 0 Å². The Morgan fingerprint density at radius 3 is 2.53 bits per heavy atom. The summed E-state index contributed by atoms with van der Waals surface area (Å²) in [6.07, 6.45) is 1.13. The Labute approximate surface area is 207 Å². The first kappa shape index (κ1) is 25.4. The van der Waals surface area contributed by atoms with Gasteiger partial charge in [-0.2, -0.15) is 0 Å². The van der Waals surface area contributed by atoms with Gasteiger partial charge in [-0.25, -0.2) is 8.42 Å². The van der Waals surface area contributed by atoms with Crippen molar-refractivity contribution in [2.24, 2.45) is 0 Å². The van der Waals surface area contributed by atoms with E-state index in [0.29, 0.717) is 15.7 Å². The predicted molar refractivity (Wildman–Crippen MR) is 137 cm³/mol. The fraction of sp³-hybridized carbons (Fsp3) is 0.208. The number of allylic oxidation sites excluding steroid dienone is 1. The lowest BCUT2D eigenvalue weighted by atomic mass is 10.0. The summed E-state index contributed by atoms with van der Waals surface area (Å²) in [5.74, 6) is 0.603. The normalized spacial score (nSPS) is 12.3. The number of hydrogen-bond donors (Lipinski definition) is 2. The summed E-state index contributed by atoms with van der Waals surface area (Å²) in [7, 11) is -1.98. The highest BCUT2D eigenvalue weighted by molar-refractivity contribution is 9.12. The van der Waals surface area contributed by atoms with Gasteiger partial charge in [0.05, 0.1) is 16.5 Å². The molecule has 3 rings (SSSR count). The van der Waals surface area contributed by atoms with Gasteiger partial charge in [0, 0.05) is 17.5 Å². The first-order valence-corrected chi connectivity index (χ1v) is 12.9. The van der Waals surface area contributed by atoms with E-state index in [1.165, 1.54) is 19.2 Å². The van der Waals surface area contributed by atoms with E-state index in [4.69, 9.17) is 14.6 Å². The van der Waals surface area contributed by atoms with E-state index in [2.05, 4.69) is 51.9 Å². The zero-order chi connectivity index (χ0) is 25.0. The number of hydrogen-bond acceptors (Lipinski definition) is 8. The molecule has 0 radical (unpaired) electrons. The van der Waals surface area contributed by atoms with Gasteiger partial charge < -0.3 is 14.5 Å². The molecular formula is C24H25BrN4O4S. The number of para-hydroxylation sites is 1. The van der Waals surface area contributed by atoms with Crippen LogP contribution in [-0.4, -0.2) is 37.7 Å². The van der Waals surface area contributed by atoms with Gasteiger partial charge in [0.25, 0.3) is 5.89 Å². The van der Waals surface area contributed by atoms with Crippen molar-refractivity contribution < 1.29 is 17.6 Å². The Morgan fingerprint density at radius 2 is 1.88 bits per heavy atom. The molecule has 0 atom stereocenters. The Kier molecular flexibility index (Phi) is 7.73. The summed E-state index contributed by atoms with van der Waals surface area (Å²) in [5.41, 5.74) is 2.65. The van der Waals surface area contributed by atoms with Crippen LogP contribution in [0.3, 0.4) is 0 Å². The summed E-state index contributed by atoms with van der Waals surface area (Å²) in [5, 5.41) is 20.0. The third-order valence-corrected chi connectivity index (χ3v) is 6.86. The Hall–Kier alpha value is -3.24. The topological polar surface area (TPSA) is 118 Å². The highest BCUT2D eigenvalue weighted by Crippen LogP contribution is 2.32. The summed E-state index contributed by atoms with van der Waals surface area (Å²) < 4.78 is 35.2. The monoisotopic (exact) mass is 544 g/mol. The molecular weight excluding hydrogens is 520 g/mol. The third-order valence-electron chi connectivity index (χ3n) is 4.95. The molecule has 0 aliphatic heterocycles. The maximum absolute atomic E-state index is 11.9. The van der Waals surface area contributed by atoms with Crippen LogP contribution >= 0.6 is 15.9 Å². The van der Waals surface area contributed by atoms with Crippen LogP contribution in [0, 0.1) is 5.41 Å². The minimum Gasteiger partial charge on any atom is -0.495 e. The molecule has 0 saturated heterocycles. The molecule has 0 aliphatic rings. The molecule has 0 unspecified atom stereocenters. The maximum atomic E-state index is 11.9. The quantitative estimate of drug-likeness (QED) is 0.265. The van der Waals surface area contributed by atoms with Crippen molar-refractivity contribution in [3.05, 3.63) is 76.8 Å². The molecule has 2 aromatic carbocycles. The predicted octanol–water partition coefficient (Wildman–Crippen LogP) is 5.62. The lowest BCUT2D eigenvalue weighted by Crippen LogP contribution is -2.10. The number of sulfone groups is 1. The molecule has 1 heterocycles. The molecule has 178 valence electrons. The number of methoxy groups -OCH3 is 1. The second kappa shape index (κ2) is 10.4. The molecule has 10 heteroatoms. The number of aromatic nitrogens is 2. The van der Waals surface area contributed by atoms with E-state index in [1.54, 1.807) is 12.1 Å². The lowest BCUT2D eigenvalue weighted by molar-refractivity contribution is 0.317. The minimum absolute atomic E-state index is 0.00847. The SMILES string of the molecule is C=C(OC)C(=N)/C(Br)=C(\Nc1ccccc1C(C)C)c1nnc(-c2cccc(S(C)(=O)=O)c2)o1. The Bertz CT molecular complexity index is 1380. The third kappa shape index (κ3) is 5.63. The Balaban J connectivity index is 2.12. The molecule has 3 aromatic rings. The summed E-state index contributed by atoms with van der Waals surface area (Å²) in [4.78, 5) is 0.142. The zero-order valence-corrected chi connectivity index (χ0v) is 21.6. The van der Waals surface area contributed by atoms with Crippen molar-refractivity contribution in [3.63, 3.8) is 0 Å². The first-order chi connectivity index (χ1) is 16.0. The van der Waals surface area contributed by atoms with Gasteiger partial charge in [-0.15, -0.1) is 10.2 Å². The number of halogens is 1. The second-order valence-electron chi connectivity index (χ2n) is 7.77. The van der Waals surface area contributed by atoms with Gasteiger partial charge >= 0.3 is 0 Å². The Morgan fingerprint density at radius 1 is 1.18 bits per heavy atom. The van der Waals surface area contributed by atoms with Crippen LogP contribution in [-0.2, 0) is 14.6 Å². The van der Waals surface area contributed by atoms with Gasteiger partial charge in [0.15, 0.2) is 9.84 Å². The van der Waals surface area contributed by atoms with Crippen LogP contribution in [0.15, 0.2) is 74.7 Å².